The van der Waals surface area contributed by atoms with E-state index in [0.29, 0.717) is 13.0 Å². The minimum absolute atomic E-state index is 0.0998. The van der Waals surface area contributed by atoms with Crippen LogP contribution in [-0.4, -0.2) is 41.0 Å². The van der Waals surface area contributed by atoms with Crippen molar-refractivity contribution in [1.29, 1.82) is 0 Å². The summed E-state index contributed by atoms with van der Waals surface area (Å²) >= 11 is 0. The fourth-order valence-corrected chi connectivity index (χ4v) is 2.64. The summed E-state index contributed by atoms with van der Waals surface area (Å²) in [6.45, 7) is 4.69. The van der Waals surface area contributed by atoms with Crippen molar-refractivity contribution in [1.82, 2.24) is 4.90 Å². The van der Waals surface area contributed by atoms with Gasteiger partial charge in [-0.3, -0.25) is 14.5 Å². The third-order valence-electron chi connectivity index (χ3n) is 3.97. The van der Waals surface area contributed by atoms with Gasteiger partial charge in [0.05, 0.1) is 12.5 Å². The molecule has 1 aromatic carbocycles. The van der Waals surface area contributed by atoms with Crippen molar-refractivity contribution in [2.45, 2.75) is 26.3 Å². The summed E-state index contributed by atoms with van der Waals surface area (Å²) in [5, 5.41) is 12.0. The molecule has 0 aromatic heterocycles. The third-order valence-corrected chi connectivity index (χ3v) is 3.97. The highest BCUT2D eigenvalue weighted by atomic mass is 16.4. The molecule has 2 N–H and O–H groups in total. The summed E-state index contributed by atoms with van der Waals surface area (Å²) in [6, 6.07) is 7.50. The van der Waals surface area contributed by atoms with E-state index in [9.17, 15) is 9.59 Å². The smallest absolute Gasteiger partial charge is 0.308 e. The zero-order valence-electron chi connectivity index (χ0n) is 11.8. The van der Waals surface area contributed by atoms with Crippen molar-refractivity contribution in [2.75, 3.05) is 18.4 Å². The first-order valence-electron chi connectivity index (χ1n) is 6.81. The molecule has 2 unspecified atom stereocenters. The number of likely N-dealkylation sites (tertiary alicyclic amines) is 1. The number of carbonyl (C=O) groups is 2. The Kier molecular flexibility index (Phi) is 4.39. The molecule has 1 saturated heterocycles. The summed E-state index contributed by atoms with van der Waals surface area (Å²) in [5.74, 6) is -1.25. The molecule has 1 aliphatic heterocycles. The van der Waals surface area contributed by atoms with Gasteiger partial charge in [-0.05, 0) is 38.4 Å². The monoisotopic (exact) mass is 276 g/mol. The molecule has 0 spiro atoms. The molecule has 2 atom stereocenters. The Morgan fingerprint density at radius 2 is 2.10 bits per heavy atom. The SMILES string of the molecule is Cc1ccccc1NC(=O)CN1CCC(C(=O)O)C1C. The van der Waals surface area contributed by atoms with Crippen molar-refractivity contribution >= 4 is 17.6 Å². The number of nitrogens with one attached hydrogen (secondary N) is 1. The maximum Gasteiger partial charge on any atom is 0.308 e. The summed E-state index contributed by atoms with van der Waals surface area (Å²) in [6.07, 6.45) is 0.605. The summed E-state index contributed by atoms with van der Waals surface area (Å²) in [4.78, 5) is 25.0. The molecule has 5 nitrogen and oxygen atoms in total. The van der Waals surface area contributed by atoms with Crippen molar-refractivity contribution in [3.05, 3.63) is 29.8 Å². The Hall–Kier alpha value is -1.88. The van der Waals surface area contributed by atoms with Crippen LogP contribution in [0.15, 0.2) is 24.3 Å². The fraction of sp³-hybridized carbons (Fsp3) is 0.467. The lowest BCUT2D eigenvalue weighted by atomic mass is 10.0. The molecule has 1 amide bonds. The number of hydrogen-bond acceptors (Lipinski definition) is 3. The zero-order valence-corrected chi connectivity index (χ0v) is 11.8. The van der Waals surface area contributed by atoms with Crippen LogP contribution in [0.25, 0.3) is 0 Å². The third kappa shape index (κ3) is 3.17. The molecule has 0 aliphatic carbocycles. The van der Waals surface area contributed by atoms with Crippen LogP contribution in [0.3, 0.4) is 0 Å². The van der Waals surface area contributed by atoms with E-state index in [4.69, 9.17) is 5.11 Å². The van der Waals surface area contributed by atoms with E-state index < -0.39 is 5.97 Å². The number of rotatable bonds is 4. The molecule has 5 heteroatoms. The van der Waals surface area contributed by atoms with Crippen LogP contribution in [-0.2, 0) is 9.59 Å². The molecule has 1 fully saturated rings. The van der Waals surface area contributed by atoms with E-state index in [2.05, 4.69) is 5.32 Å². The van der Waals surface area contributed by atoms with Crippen molar-refractivity contribution < 1.29 is 14.7 Å². The number of para-hydroxylation sites is 1. The highest BCUT2D eigenvalue weighted by Crippen LogP contribution is 2.24. The van der Waals surface area contributed by atoms with E-state index in [1.54, 1.807) is 0 Å². The summed E-state index contributed by atoms with van der Waals surface area (Å²) < 4.78 is 0. The highest BCUT2D eigenvalue weighted by Gasteiger charge is 2.36. The van der Waals surface area contributed by atoms with E-state index >= 15 is 0 Å². The number of aryl methyl sites for hydroxylation is 1. The first-order chi connectivity index (χ1) is 9.49. The molecule has 0 bridgehead atoms. The van der Waals surface area contributed by atoms with Crippen molar-refractivity contribution in [3.63, 3.8) is 0 Å². The van der Waals surface area contributed by atoms with Gasteiger partial charge in [0.2, 0.25) is 5.91 Å². The van der Waals surface area contributed by atoms with Gasteiger partial charge in [-0.2, -0.15) is 0 Å². The molecule has 108 valence electrons. The van der Waals surface area contributed by atoms with Gasteiger partial charge in [0, 0.05) is 11.7 Å². The van der Waals surface area contributed by atoms with Crippen LogP contribution in [0.4, 0.5) is 5.69 Å². The van der Waals surface area contributed by atoms with Gasteiger partial charge < -0.3 is 10.4 Å². The quantitative estimate of drug-likeness (QED) is 0.878. The number of carbonyl (C=O) groups excluding carboxylic acids is 1. The normalized spacial score (nSPS) is 22.7. The number of aliphatic carboxylic acids is 1. The average molecular weight is 276 g/mol. The number of amides is 1. The predicted molar refractivity (Wildman–Crippen MR) is 76.6 cm³/mol. The Labute approximate surface area is 118 Å². The van der Waals surface area contributed by atoms with Crippen LogP contribution in [0.5, 0.6) is 0 Å². The van der Waals surface area contributed by atoms with E-state index in [0.717, 1.165) is 11.3 Å². The van der Waals surface area contributed by atoms with Crippen molar-refractivity contribution in [2.24, 2.45) is 5.92 Å². The average Bonchev–Trinajstić information content (AvgIpc) is 2.74. The van der Waals surface area contributed by atoms with Crippen LogP contribution in [0.2, 0.25) is 0 Å². The first kappa shape index (κ1) is 14.5. The van der Waals surface area contributed by atoms with E-state index in [-0.39, 0.29) is 24.4 Å². The summed E-state index contributed by atoms with van der Waals surface area (Å²) in [7, 11) is 0. The largest absolute Gasteiger partial charge is 0.481 e. The second kappa shape index (κ2) is 6.05. The topological polar surface area (TPSA) is 69.6 Å². The molecular weight excluding hydrogens is 256 g/mol. The van der Waals surface area contributed by atoms with Crippen LogP contribution >= 0.6 is 0 Å². The van der Waals surface area contributed by atoms with Gasteiger partial charge >= 0.3 is 5.97 Å². The minimum Gasteiger partial charge on any atom is -0.481 e. The van der Waals surface area contributed by atoms with Crippen LogP contribution in [0, 0.1) is 12.8 Å². The summed E-state index contributed by atoms with van der Waals surface area (Å²) in [5.41, 5.74) is 1.82. The highest BCUT2D eigenvalue weighted by molar-refractivity contribution is 5.93. The second-order valence-corrected chi connectivity index (χ2v) is 5.31. The van der Waals surface area contributed by atoms with Gasteiger partial charge in [-0.1, -0.05) is 18.2 Å². The first-order valence-corrected chi connectivity index (χ1v) is 6.81. The number of carboxylic acids is 1. The van der Waals surface area contributed by atoms with E-state index in [1.165, 1.54) is 0 Å². The molecule has 1 aliphatic rings. The van der Waals surface area contributed by atoms with Gasteiger partial charge in [0.25, 0.3) is 0 Å². The lowest BCUT2D eigenvalue weighted by Crippen LogP contribution is -2.38. The molecule has 2 rings (SSSR count). The Morgan fingerprint density at radius 1 is 1.40 bits per heavy atom. The second-order valence-electron chi connectivity index (χ2n) is 5.31. The van der Waals surface area contributed by atoms with Crippen LogP contribution in [0.1, 0.15) is 18.9 Å². The Balaban J connectivity index is 1.93. The number of nitrogens with zero attached hydrogens (tertiary/aromatic N) is 1. The van der Waals surface area contributed by atoms with Gasteiger partial charge in [0.1, 0.15) is 0 Å². The van der Waals surface area contributed by atoms with Crippen molar-refractivity contribution in [3.8, 4) is 0 Å². The molecule has 1 aromatic rings. The fourth-order valence-electron chi connectivity index (χ4n) is 2.64. The van der Waals surface area contributed by atoms with E-state index in [1.807, 2.05) is 43.0 Å². The molecule has 0 saturated carbocycles. The predicted octanol–water partition coefficient (Wildman–Crippen LogP) is 1.73. The minimum atomic E-state index is -0.778. The van der Waals surface area contributed by atoms with Gasteiger partial charge in [-0.25, -0.2) is 0 Å². The molecular formula is C15H20N2O3. The van der Waals surface area contributed by atoms with Gasteiger partial charge in [0.15, 0.2) is 0 Å². The number of hydrogen-bond donors (Lipinski definition) is 2. The van der Waals surface area contributed by atoms with Crippen LogP contribution < -0.4 is 5.32 Å². The molecule has 0 radical (unpaired) electrons. The molecule has 1 heterocycles. The number of anilines is 1. The number of benzene rings is 1. The number of carboxylic acid groups (broad SMARTS) is 1. The standard InChI is InChI=1S/C15H20N2O3/c1-10-5-3-4-6-13(10)16-14(18)9-17-8-7-12(11(17)2)15(19)20/h3-6,11-12H,7-9H2,1-2H3,(H,16,18)(H,19,20). The molecule has 20 heavy (non-hydrogen) atoms. The maximum atomic E-state index is 12.0. The zero-order chi connectivity index (χ0) is 14.7. The lowest BCUT2D eigenvalue weighted by molar-refractivity contribution is -0.142. The Morgan fingerprint density at radius 3 is 2.70 bits per heavy atom. The lowest BCUT2D eigenvalue weighted by Gasteiger charge is -2.22. The van der Waals surface area contributed by atoms with Gasteiger partial charge in [-0.15, -0.1) is 0 Å². The maximum absolute atomic E-state index is 12.0. The Bertz CT molecular complexity index is 516.